The van der Waals surface area contributed by atoms with Crippen LogP contribution in [0.15, 0.2) is 29.2 Å². The number of benzene rings is 1. The molecule has 2 rings (SSSR count). The first kappa shape index (κ1) is 16.2. The Bertz CT molecular complexity index is 567. The van der Waals surface area contributed by atoms with Crippen LogP contribution in [0.3, 0.4) is 0 Å². The van der Waals surface area contributed by atoms with Crippen LogP contribution in [0.25, 0.3) is 0 Å². The van der Waals surface area contributed by atoms with Crippen molar-refractivity contribution in [3.05, 3.63) is 24.3 Å². The average molecular weight is 318 g/mol. The SMILES string of the molecule is NCC1(Nc2ccc(S(=O)(=O)C(F)F)cc2)CCCCC1. The molecule has 1 fully saturated rings. The van der Waals surface area contributed by atoms with Gasteiger partial charge in [-0.25, -0.2) is 8.42 Å². The number of anilines is 1. The van der Waals surface area contributed by atoms with Crippen LogP contribution in [-0.4, -0.2) is 26.3 Å². The summed E-state index contributed by atoms with van der Waals surface area (Å²) in [4.78, 5) is -0.367. The summed E-state index contributed by atoms with van der Waals surface area (Å²) in [6, 6.07) is 5.44. The lowest BCUT2D eigenvalue weighted by atomic mass is 9.81. The Hall–Kier alpha value is -1.21. The van der Waals surface area contributed by atoms with Gasteiger partial charge in [-0.05, 0) is 37.1 Å². The highest BCUT2D eigenvalue weighted by Gasteiger charge is 2.31. The highest BCUT2D eigenvalue weighted by Crippen LogP contribution is 2.31. The summed E-state index contributed by atoms with van der Waals surface area (Å²) in [6.45, 7) is 0.490. The van der Waals surface area contributed by atoms with Gasteiger partial charge in [-0.3, -0.25) is 0 Å². The van der Waals surface area contributed by atoms with Crippen molar-refractivity contribution in [3.8, 4) is 0 Å². The highest BCUT2D eigenvalue weighted by atomic mass is 32.2. The van der Waals surface area contributed by atoms with Gasteiger partial charge in [-0.15, -0.1) is 0 Å². The van der Waals surface area contributed by atoms with E-state index in [-0.39, 0.29) is 10.4 Å². The molecule has 0 amide bonds. The topological polar surface area (TPSA) is 72.2 Å². The first-order valence-electron chi connectivity index (χ1n) is 7.00. The summed E-state index contributed by atoms with van der Waals surface area (Å²) < 4.78 is 47.7. The molecule has 1 aliphatic carbocycles. The van der Waals surface area contributed by atoms with Crippen LogP contribution >= 0.6 is 0 Å². The Kier molecular flexibility index (Phi) is 4.83. The predicted octanol–water partition coefficient (Wildman–Crippen LogP) is 2.76. The first-order valence-corrected chi connectivity index (χ1v) is 8.55. The van der Waals surface area contributed by atoms with E-state index in [0.717, 1.165) is 25.7 Å². The van der Waals surface area contributed by atoms with Crippen molar-refractivity contribution in [1.29, 1.82) is 0 Å². The van der Waals surface area contributed by atoms with Gasteiger partial charge >= 0.3 is 5.76 Å². The molecule has 1 aromatic rings. The number of sulfone groups is 1. The summed E-state index contributed by atoms with van der Waals surface area (Å²) in [5, 5.41) is 3.34. The Labute approximate surface area is 123 Å². The van der Waals surface area contributed by atoms with E-state index in [4.69, 9.17) is 5.73 Å². The molecule has 118 valence electrons. The number of nitrogens with one attached hydrogen (secondary N) is 1. The van der Waals surface area contributed by atoms with Gasteiger partial charge in [0.1, 0.15) is 0 Å². The molecule has 4 nitrogen and oxygen atoms in total. The third kappa shape index (κ3) is 3.52. The summed E-state index contributed by atoms with van der Waals surface area (Å²) in [5.74, 6) is -3.40. The lowest BCUT2D eigenvalue weighted by Gasteiger charge is -2.38. The zero-order valence-electron chi connectivity index (χ0n) is 11.7. The molecule has 1 saturated carbocycles. The van der Waals surface area contributed by atoms with Gasteiger partial charge in [0.2, 0.25) is 9.84 Å². The van der Waals surface area contributed by atoms with E-state index < -0.39 is 15.6 Å². The Morgan fingerprint density at radius 2 is 1.71 bits per heavy atom. The average Bonchev–Trinajstić information content (AvgIpc) is 2.48. The van der Waals surface area contributed by atoms with E-state index in [1.165, 1.54) is 30.7 Å². The molecule has 0 bridgehead atoms. The third-order valence-corrected chi connectivity index (χ3v) is 5.43. The minimum atomic E-state index is -4.53. The summed E-state index contributed by atoms with van der Waals surface area (Å²) in [6.07, 6.45) is 5.31. The second kappa shape index (κ2) is 6.27. The maximum absolute atomic E-state index is 12.5. The molecular formula is C14H20F2N2O2S. The quantitative estimate of drug-likeness (QED) is 0.875. The molecule has 1 aliphatic rings. The number of alkyl halides is 2. The Morgan fingerprint density at radius 3 is 2.19 bits per heavy atom. The maximum Gasteiger partial charge on any atom is 0.341 e. The van der Waals surface area contributed by atoms with Crippen LogP contribution in [0.1, 0.15) is 32.1 Å². The van der Waals surface area contributed by atoms with Gasteiger partial charge in [0, 0.05) is 17.8 Å². The van der Waals surface area contributed by atoms with Crippen LogP contribution in [0.5, 0.6) is 0 Å². The minimum absolute atomic E-state index is 0.179. The van der Waals surface area contributed by atoms with Gasteiger partial charge in [-0.2, -0.15) is 8.78 Å². The van der Waals surface area contributed by atoms with E-state index in [1.54, 1.807) is 0 Å². The van der Waals surface area contributed by atoms with Crippen molar-refractivity contribution in [2.24, 2.45) is 5.73 Å². The molecule has 0 heterocycles. The lowest BCUT2D eigenvalue weighted by Crippen LogP contribution is -2.46. The molecular weight excluding hydrogens is 298 g/mol. The minimum Gasteiger partial charge on any atom is -0.378 e. The van der Waals surface area contributed by atoms with E-state index in [2.05, 4.69) is 5.32 Å². The van der Waals surface area contributed by atoms with Crippen molar-refractivity contribution in [3.63, 3.8) is 0 Å². The molecule has 0 saturated heterocycles. The number of hydrogen-bond acceptors (Lipinski definition) is 4. The van der Waals surface area contributed by atoms with Gasteiger partial charge < -0.3 is 11.1 Å². The van der Waals surface area contributed by atoms with E-state index in [9.17, 15) is 17.2 Å². The van der Waals surface area contributed by atoms with E-state index >= 15 is 0 Å². The summed E-state index contributed by atoms with van der Waals surface area (Å²) in [7, 11) is -4.53. The molecule has 0 aromatic heterocycles. The second-order valence-corrected chi connectivity index (χ2v) is 7.42. The third-order valence-electron chi connectivity index (χ3n) is 4.03. The standard InChI is InChI=1S/C14H20F2N2O2S/c15-13(16)21(19,20)12-6-4-11(5-7-12)18-14(10-17)8-2-1-3-9-14/h4-7,13,18H,1-3,8-10,17H2. The fourth-order valence-electron chi connectivity index (χ4n) is 2.75. The zero-order valence-corrected chi connectivity index (χ0v) is 12.5. The normalized spacial score (nSPS) is 18.7. The van der Waals surface area contributed by atoms with Gasteiger partial charge in [0.05, 0.1) is 4.90 Å². The van der Waals surface area contributed by atoms with Crippen molar-refractivity contribution >= 4 is 15.5 Å². The monoisotopic (exact) mass is 318 g/mol. The Morgan fingerprint density at radius 1 is 1.14 bits per heavy atom. The number of halogens is 2. The van der Waals surface area contributed by atoms with Crippen LogP contribution in [0.2, 0.25) is 0 Å². The smallest absolute Gasteiger partial charge is 0.341 e. The molecule has 0 aliphatic heterocycles. The predicted molar refractivity (Wildman–Crippen MR) is 78.1 cm³/mol. The van der Waals surface area contributed by atoms with Gasteiger partial charge in [0.25, 0.3) is 0 Å². The first-order chi connectivity index (χ1) is 9.89. The molecule has 0 radical (unpaired) electrons. The van der Waals surface area contributed by atoms with Crippen molar-refractivity contribution in [2.45, 2.75) is 48.3 Å². The molecule has 0 atom stereocenters. The molecule has 0 spiro atoms. The van der Waals surface area contributed by atoms with Gasteiger partial charge in [0.15, 0.2) is 0 Å². The summed E-state index contributed by atoms with van der Waals surface area (Å²) >= 11 is 0. The zero-order chi connectivity index (χ0) is 15.5. The fraction of sp³-hybridized carbons (Fsp3) is 0.571. The van der Waals surface area contributed by atoms with Crippen LogP contribution in [0.4, 0.5) is 14.5 Å². The maximum atomic E-state index is 12.5. The lowest BCUT2D eigenvalue weighted by molar-refractivity contribution is 0.234. The molecule has 1 aromatic carbocycles. The van der Waals surface area contributed by atoms with Crippen molar-refractivity contribution in [2.75, 3.05) is 11.9 Å². The van der Waals surface area contributed by atoms with Crippen LogP contribution < -0.4 is 11.1 Å². The molecule has 3 N–H and O–H groups in total. The van der Waals surface area contributed by atoms with E-state index in [1.807, 2.05) is 0 Å². The Balaban J connectivity index is 2.16. The summed E-state index contributed by atoms with van der Waals surface area (Å²) in [5.41, 5.74) is 6.39. The number of hydrogen-bond donors (Lipinski definition) is 2. The number of rotatable bonds is 5. The molecule has 0 unspecified atom stereocenters. The molecule has 21 heavy (non-hydrogen) atoms. The highest BCUT2D eigenvalue weighted by molar-refractivity contribution is 7.91. The van der Waals surface area contributed by atoms with Crippen molar-refractivity contribution < 1.29 is 17.2 Å². The number of nitrogens with two attached hydrogens (primary N) is 1. The second-order valence-electron chi connectivity index (χ2n) is 5.50. The molecule has 7 heteroatoms. The van der Waals surface area contributed by atoms with Crippen LogP contribution in [0, 0.1) is 0 Å². The van der Waals surface area contributed by atoms with Crippen LogP contribution in [-0.2, 0) is 9.84 Å². The largest absolute Gasteiger partial charge is 0.378 e. The van der Waals surface area contributed by atoms with Gasteiger partial charge in [-0.1, -0.05) is 19.3 Å². The van der Waals surface area contributed by atoms with Crippen molar-refractivity contribution in [1.82, 2.24) is 0 Å². The van der Waals surface area contributed by atoms with E-state index in [0.29, 0.717) is 12.2 Å². The fourth-order valence-corrected chi connectivity index (χ4v) is 3.47.